The zero-order chi connectivity index (χ0) is 24.9. The molecule has 0 bridgehead atoms. The maximum Gasteiger partial charge on any atom is 0.346 e. The van der Waals surface area contributed by atoms with Crippen molar-refractivity contribution in [3.05, 3.63) is 98.8 Å². The molecule has 10 heteroatoms. The van der Waals surface area contributed by atoms with Gasteiger partial charge in [0.15, 0.2) is 11.9 Å². The van der Waals surface area contributed by atoms with E-state index in [-0.39, 0.29) is 17.0 Å². The number of rotatable bonds is 7. The smallest absolute Gasteiger partial charge is 0.346 e. The number of fused-ring (bicyclic) bond motifs is 1. The molecular formula is C25H20N4O6. The molecule has 1 heterocycles. The van der Waals surface area contributed by atoms with E-state index in [2.05, 4.69) is 14.8 Å². The molecule has 3 aromatic carbocycles. The van der Waals surface area contributed by atoms with Crippen LogP contribution in [0.5, 0.6) is 5.75 Å². The SMILES string of the molecule is COC(=O)[C@@H](C)Oc1c(C=Nn2c(-c3ccccc3)nc3ccccc3c2=O)cccc1[N+](=O)[O-]. The van der Waals surface area contributed by atoms with E-state index in [0.717, 1.165) is 4.68 Å². The van der Waals surface area contributed by atoms with E-state index in [1.54, 1.807) is 36.4 Å². The van der Waals surface area contributed by atoms with Gasteiger partial charge in [-0.2, -0.15) is 9.78 Å². The highest BCUT2D eigenvalue weighted by Gasteiger charge is 2.24. The Balaban J connectivity index is 1.88. The Hall–Kier alpha value is -4.86. The second-order valence-corrected chi connectivity index (χ2v) is 7.42. The number of esters is 1. The Labute approximate surface area is 199 Å². The van der Waals surface area contributed by atoms with E-state index in [9.17, 15) is 19.7 Å². The number of para-hydroxylation sites is 2. The molecule has 0 aliphatic carbocycles. The van der Waals surface area contributed by atoms with Crippen molar-refractivity contribution < 1.29 is 19.2 Å². The molecule has 0 radical (unpaired) electrons. The van der Waals surface area contributed by atoms with Crippen molar-refractivity contribution in [3.8, 4) is 17.1 Å². The van der Waals surface area contributed by atoms with Crippen molar-refractivity contribution in [2.45, 2.75) is 13.0 Å². The second kappa shape index (κ2) is 9.96. The molecular weight excluding hydrogens is 452 g/mol. The number of benzene rings is 3. The lowest BCUT2D eigenvalue weighted by atomic mass is 10.2. The number of ether oxygens (including phenoxy) is 2. The van der Waals surface area contributed by atoms with Gasteiger partial charge in [0, 0.05) is 17.2 Å². The Morgan fingerprint density at radius 2 is 1.80 bits per heavy atom. The van der Waals surface area contributed by atoms with Gasteiger partial charge in [-0.15, -0.1) is 0 Å². The second-order valence-electron chi connectivity index (χ2n) is 7.42. The zero-order valence-electron chi connectivity index (χ0n) is 18.8. The average molecular weight is 472 g/mol. The van der Waals surface area contributed by atoms with Crippen molar-refractivity contribution in [3.63, 3.8) is 0 Å². The summed E-state index contributed by atoms with van der Waals surface area (Å²) >= 11 is 0. The maximum absolute atomic E-state index is 13.3. The summed E-state index contributed by atoms with van der Waals surface area (Å²) in [6.45, 7) is 1.41. The summed E-state index contributed by atoms with van der Waals surface area (Å²) in [7, 11) is 1.19. The molecule has 1 aromatic heterocycles. The van der Waals surface area contributed by atoms with Crippen LogP contribution in [0.2, 0.25) is 0 Å². The molecule has 0 saturated heterocycles. The van der Waals surface area contributed by atoms with Gasteiger partial charge >= 0.3 is 11.7 Å². The fourth-order valence-corrected chi connectivity index (χ4v) is 3.43. The highest BCUT2D eigenvalue weighted by atomic mass is 16.6. The van der Waals surface area contributed by atoms with E-state index in [0.29, 0.717) is 22.3 Å². The van der Waals surface area contributed by atoms with E-state index in [1.165, 1.54) is 38.4 Å². The molecule has 0 spiro atoms. The Kier molecular flexibility index (Phi) is 6.63. The van der Waals surface area contributed by atoms with E-state index in [1.807, 2.05) is 18.2 Å². The number of carbonyl (C=O) groups excluding carboxylic acids is 1. The van der Waals surface area contributed by atoms with E-state index < -0.39 is 22.6 Å². The first-order chi connectivity index (χ1) is 16.9. The molecule has 0 amide bonds. The number of nitrogens with zero attached hydrogens (tertiary/aromatic N) is 4. The monoisotopic (exact) mass is 472 g/mol. The van der Waals surface area contributed by atoms with Gasteiger partial charge in [0.2, 0.25) is 5.75 Å². The van der Waals surface area contributed by atoms with Crippen LogP contribution in [0.15, 0.2) is 82.7 Å². The van der Waals surface area contributed by atoms with Crippen LogP contribution in [-0.4, -0.2) is 40.0 Å². The molecule has 0 aliphatic heterocycles. The summed E-state index contributed by atoms with van der Waals surface area (Å²) < 4.78 is 11.4. The van der Waals surface area contributed by atoms with Crippen LogP contribution < -0.4 is 10.3 Å². The average Bonchev–Trinajstić information content (AvgIpc) is 2.88. The molecule has 1 atom stereocenters. The van der Waals surface area contributed by atoms with Crippen LogP contribution in [0.1, 0.15) is 12.5 Å². The summed E-state index contributed by atoms with van der Waals surface area (Å²) in [5, 5.41) is 16.3. The number of methoxy groups -OCH3 is 1. The predicted molar refractivity (Wildman–Crippen MR) is 130 cm³/mol. The lowest BCUT2D eigenvalue weighted by Gasteiger charge is -2.14. The van der Waals surface area contributed by atoms with Gasteiger partial charge in [0.05, 0.1) is 29.2 Å². The molecule has 0 fully saturated rings. The molecule has 176 valence electrons. The number of aromatic nitrogens is 2. The van der Waals surface area contributed by atoms with Crippen molar-refractivity contribution >= 4 is 28.8 Å². The van der Waals surface area contributed by atoms with Crippen LogP contribution in [-0.2, 0) is 9.53 Å². The summed E-state index contributed by atoms with van der Waals surface area (Å²) in [5.41, 5.74) is 0.573. The van der Waals surface area contributed by atoms with E-state index in [4.69, 9.17) is 4.74 Å². The molecule has 10 nitrogen and oxygen atoms in total. The fraction of sp³-hybridized carbons (Fsp3) is 0.120. The minimum absolute atomic E-state index is 0.179. The lowest BCUT2D eigenvalue weighted by Crippen LogP contribution is -2.25. The van der Waals surface area contributed by atoms with Gasteiger partial charge in [0.25, 0.3) is 5.56 Å². The standard InChI is InChI=1S/C25H20N4O6/c1-16(25(31)34-2)35-22-18(11-8-14-21(22)29(32)33)15-26-28-23(17-9-4-3-5-10-17)27-20-13-7-6-12-19(20)24(28)30/h3-16H,1-2H3/t16-/m1/s1. The van der Waals surface area contributed by atoms with Crippen LogP contribution in [0.4, 0.5) is 5.69 Å². The number of hydrogen-bond acceptors (Lipinski definition) is 8. The summed E-state index contributed by atoms with van der Waals surface area (Å²) in [6.07, 6.45) is 0.148. The summed E-state index contributed by atoms with van der Waals surface area (Å²) in [5.74, 6) is -0.587. The molecule has 0 saturated carbocycles. The van der Waals surface area contributed by atoms with Gasteiger partial charge in [-0.3, -0.25) is 14.9 Å². The molecule has 4 aromatic rings. The number of nitro benzene ring substituents is 1. The number of carbonyl (C=O) groups is 1. The summed E-state index contributed by atoms with van der Waals surface area (Å²) in [4.78, 5) is 40.8. The van der Waals surface area contributed by atoms with Crippen LogP contribution in [0.25, 0.3) is 22.3 Å². The third-order valence-electron chi connectivity index (χ3n) is 5.15. The zero-order valence-corrected chi connectivity index (χ0v) is 18.8. The molecule has 0 unspecified atom stereocenters. The third-order valence-corrected chi connectivity index (χ3v) is 5.15. The van der Waals surface area contributed by atoms with E-state index >= 15 is 0 Å². The van der Waals surface area contributed by atoms with Crippen LogP contribution in [0.3, 0.4) is 0 Å². The van der Waals surface area contributed by atoms with Gasteiger partial charge in [-0.1, -0.05) is 48.5 Å². The molecule has 4 rings (SSSR count). The first-order valence-electron chi connectivity index (χ1n) is 10.5. The third kappa shape index (κ3) is 4.76. The molecule has 0 N–H and O–H groups in total. The van der Waals surface area contributed by atoms with Crippen molar-refractivity contribution in [2.24, 2.45) is 5.10 Å². The van der Waals surface area contributed by atoms with Gasteiger partial charge in [-0.25, -0.2) is 9.78 Å². The quantitative estimate of drug-likeness (QED) is 0.173. The summed E-state index contributed by atoms with van der Waals surface area (Å²) in [6, 6.07) is 20.2. The molecule has 35 heavy (non-hydrogen) atoms. The van der Waals surface area contributed by atoms with Gasteiger partial charge < -0.3 is 9.47 Å². The predicted octanol–water partition coefficient (Wildman–Crippen LogP) is 3.79. The van der Waals surface area contributed by atoms with Gasteiger partial charge in [-0.05, 0) is 25.1 Å². The Morgan fingerprint density at radius 3 is 2.51 bits per heavy atom. The minimum Gasteiger partial charge on any atom is -0.471 e. The lowest BCUT2D eigenvalue weighted by molar-refractivity contribution is -0.386. The maximum atomic E-state index is 13.3. The highest BCUT2D eigenvalue weighted by Crippen LogP contribution is 2.31. The largest absolute Gasteiger partial charge is 0.471 e. The fourth-order valence-electron chi connectivity index (χ4n) is 3.43. The Bertz CT molecular complexity index is 1500. The number of nitro groups is 1. The highest BCUT2D eigenvalue weighted by molar-refractivity contribution is 5.87. The Morgan fingerprint density at radius 1 is 1.09 bits per heavy atom. The van der Waals surface area contributed by atoms with Crippen LogP contribution in [0, 0.1) is 10.1 Å². The van der Waals surface area contributed by atoms with Crippen molar-refractivity contribution in [1.29, 1.82) is 0 Å². The van der Waals surface area contributed by atoms with Gasteiger partial charge in [0.1, 0.15) is 0 Å². The minimum atomic E-state index is -1.11. The molecule has 0 aliphatic rings. The van der Waals surface area contributed by atoms with Crippen LogP contribution >= 0.6 is 0 Å². The first-order valence-corrected chi connectivity index (χ1v) is 10.5. The van der Waals surface area contributed by atoms with Crippen molar-refractivity contribution in [2.75, 3.05) is 7.11 Å². The first kappa shape index (κ1) is 23.3. The normalized spacial score (nSPS) is 11.9. The van der Waals surface area contributed by atoms with Crippen molar-refractivity contribution in [1.82, 2.24) is 9.66 Å². The number of hydrogen-bond donors (Lipinski definition) is 0. The topological polar surface area (TPSA) is 126 Å².